The van der Waals surface area contributed by atoms with E-state index >= 15 is 0 Å². The SMILES string of the molecule is N#Cc1c(-c2ccnc(NC=O)c2)sc(-c2ncc[nH]2)c1-c1ccc(Cl)cc1Cl. The van der Waals surface area contributed by atoms with Crippen LogP contribution in [0.4, 0.5) is 5.82 Å². The third-order valence-electron chi connectivity index (χ3n) is 4.16. The van der Waals surface area contributed by atoms with Crippen LogP contribution in [0.3, 0.4) is 0 Å². The van der Waals surface area contributed by atoms with Gasteiger partial charge in [0.05, 0.1) is 15.3 Å². The molecule has 6 nitrogen and oxygen atoms in total. The van der Waals surface area contributed by atoms with Crippen molar-refractivity contribution >= 4 is 46.8 Å². The van der Waals surface area contributed by atoms with Gasteiger partial charge in [-0.3, -0.25) is 4.79 Å². The molecule has 0 aliphatic rings. The molecular weight excluding hydrogens is 429 g/mol. The summed E-state index contributed by atoms with van der Waals surface area (Å²) in [7, 11) is 0. The zero-order valence-electron chi connectivity index (χ0n) is 14.6. The highest BCUT2D eigenvalue weighted by Gasteiger charge is 2.24. The summed E-state index contributed by atoms with van der Waals surface area (Å²) >= 11 is 13.9. The van der Waals surface area contributed by atoms with Gasteiger partial charge in [0, 0.05) is 39.8 Å². The van der Waals surface area contributed by atoms with Crippen molar-refractivity contribution in [2.45, 2.75) is 0 Å². The molecule has 3 aromatic heterocycles. The Balaban J connectivity index is 2.01. The molecule has 0 aliphatic heterocycles. The largest absolute Gasteiger partial charge is 0.344 e. The van der Waals surface area contributed by atoms with E-state index in [9.17, 15) is 10.1 Å². The number of hydrogen-bond acceptors (Lipinski definition) is 5. The first kappa shape index (κ1) is 19.2. The van der Waals surface area contributed by atoms with Gasteiger partial charge in [0.1, 0.15) is 17.7 Å². The number of carbonyl (C=O) groups excluding carboxylic acids is 1. The maximum absolute atomic E-state index is 10.8. The number of rotatable bonds is 5. The number of nitrogens with zero attached hydrogens (tertiary/aromatic N) is 3. The fourth-order valence-electron chi connectivity index (χ4n) is 2.96. The second-order valence-corrected chi connectivity index (χ2v) is 7.74. The van der Waals surface area contributed by atoms with E-state index in [2.05, 4.69) is 26.3 Å². The Morgan fingerprint density at radius 2 is 2.00 bits per heavy atom. The predicted molar refractivity (Wildman–Crippen MR) is 115 cm³/mol. The summed E-state index contributed by atoms with van der Waals surface area (Å²) in [5, 5.41) is 13.5. The summed E-state index contributed by atoms with van der Waals surface area (Å²) in [6.07, 6.45) is 5.49. The van der Waals surface area contributed by atoms with E-state index in [-0.39, 0.29) is 0 Å². The molecule has 9 heteroatoms. The Morgan fingerprint density at radius 1 is 1.14 bits per heavy atom. The highest BCUT2D eigenvalue weighted by molar-refractivity contribution is 7.19. The quantitative estimate of drug-likeness (QED) is 0.394. The molecule has 0 aliphatic carbocycles. The minimum Gasteiger partial charge on any atom is -0.344 e. The van der Waals surface area contributed by atoms with Crippen molar-refractivity contribution < 1.29 is 4.79 Å². The average molecular weight is 440 g/mol. The number of hydrogen-bond donors (Lipinski definition) is 2. The molecule has 0 radical (unpaired) electrons. The van der Waals surface area contributed by atoms with Crippen molar-refractivity contribution in [2.24, 2.45) is 0 Å². The zero-order chi connectivity index (χ0) is 20.4. The average Bonchev–Trinajstić information content (AvgIpc) is 3.36. The number of H-pyrrole nitrogens is 1. The van der Waals surface area contributed by atoms with Gasteiger partial charge in [0.15, 0.2) is 0 Å². The minimum absolute atomic E-state index is 0.389. The molecule has 29 heavy (non-hydrogen) atoms. The molecule has 4 rings (SSSR count). The Bertz CT molecular complexity index is 1240. The summed E-state index contributed by atoms with van der Waals surface area (Å²) in [4.78, 5) is 23.8. The van der Waals surface area contributed by atoms with Gasteiger partial charge in [-0.25, -0.2) is 9.97 Å². The van der Waals surface area contributed by atoms with Crippen LogP contribution in [0.1, 0.15) is 5.56 Å². The van der Waals surface area contributed by atoms with Gasteiger partial charge in [-0.05, 0) is 29.8 Å². The van der Waals surface area contributed by atoms with Crippen LogP contribution < -0.4 is 5.32 Å². The van der Waals surface area contributed by atoms with Crippen molar-refractivity contribution in [3.05, 3.63) is 64.5 Å². The van der Waals surface area contributed by atoms with Crippen molar-refractivity contribution in [1.29, 1.82) is 5.26 Å². The second kappa shape index (κ2) is 8.05. The normalized spacial score (nSPS) is 10.5. The number of aromatic amines is 1. The Kier molecular flexibility index (Phi) is 5.32. The van der Waals surface area contributed by atoms with Crippen LogP contribution in [-0.2, 0) is 4.79 Å². The Hall–Kier alpha value is -3.18. The van der Waals surface area contributed by atoms with Gasteiger partial charge < -0.3 is 10.3 Å². The summed E-state index contributed by atoms with van der Waals surface area (Å²) in [5.41, 5.74) is 2.55. The first-order valence-electron chi connectivity index (χ1n) is 8.31. The standard InChI is InChI=1S/C20H11Cl2N5OS/c21-12-1-2-13(15(22)8-12)17-14(9-23)18(29-19(17)20-25-5-6-26-20)11-3-4-24-16(7-11)27-10-28/h1-8,10H,(H,25,26)(H,24,27,28). The van der Waals surface area contributed by atoms with E-state index in [1.807, 2.05) is 0 Å². The number of imidazole rings is 1. The fourth-order valence-corrected chi connectivity index (χ4v) is 4.68. The van der Waals surface area contributed by atoms with Gasteiger partial charge >= 0.3 is 0 Å². The lowest BCUT2D eigenvalue weighted by molar-refractivity contribution is -0.105. The van der Waals surface area contributed by atoms with Gasteiger partial charge in [-0.2, -0.15) is 5.26 Å². The van der Waals surface area contributed by atoms with E-state index in [1.54, 1.807) is 48.9 Å². The number of nitrogens with one attached hydrogen (secondary N) is 2. The van der Waals surface area contributed by atoms with Gasteiger partial charge in [0.2, 0.25) is 6.41 Å². The maximum atomic E-state index is 10.8. The number of halogens is 2. The second-order valence-electron chi connectivity index (χ2n) is 5.88. The topological polar surface area (TPSA) is 94.5 Å². The third kappa shape index (κ3) is 3.61. The number of aromatic nitrogens is 3. The van der Waals surface area contributed by atoms with Crippen LogP contribution in [0, 0.1) is 11.3 Å². The number of amides is 1. The smallest absolute Gasteiger partial charge is 0.212 e. The van der Waals surface area contributed by atoms with Crippen molar-refractivity contribution in [3.63, 3.8) is 0 Å². The molecule has 0 fully saturated rings. The van der Waals surface area contributed by atoms with Crippen LogP contribution in [0.5, 0.6) is 0 Å². The lowest BCUT2D eigenvalue weighted by atomic mass is 9.98. The maximum Gasteiger partial charge on any atom is 0.212 e. The Morgan fingerprint density at radius 3 is 2.69 bits per heavy atom. The van der Waals surface area contributed by atoms with Crippen molar-refractivity contribution in [2.75, 3.05) is 5.32 Å². The van der Waals surface area contributed by atoms with Crippen LogP contribution in [0.15, 0.2) is 48.9 Å². The Labute approximate surface area is 179 Å². The number of carbonyl (C=O) groups is 1. The summed E-state index contributed by atoms with van der Waals surface area (Å²) < 4.78 is 0. The summed E-state index contributed by atoms with van der Waals surface area (Å²) in [6.45, 7) is 0. The van der Waals surface area contributed by atoms with E-state index < -0.39 is 0 Å². The highest BCUT2D eigenvalue weighted by Crippen LogP contribution is 2.48. The number of thiophene rings is 1. The van der Waals surface area contributed by atoms with E-state index in [0.29, 0.717) is 44.8 Å². The molecule has 0 atom stereocenters. The summed E-state index contributed by atoms with van der Waals surface area (Å²) in [5.74, 6) is 1.01. The fraction of sp³-hybridized carbons (Fsp3) is 0. The first-order chi connectivity index (χ1) is 14.1. The minimum atomic E-state index is 0.389. The predicted octanol–water partition coefficient (Wildman–Crippen LogP) is 5.61. The monoisotopic (exact) mass is 439 g/mol. The van der Waals surface area contributed by atoms with Crippen LogP contribution in [0.2, 0.25) is 10.0 Å². The van der Waals surface area contributed by atoms with Crippen LogP contribution in [0.25, 0.3) is 32.3 Å². The molecule has 1 amide bonds. The molecule has 142 valence electrons. The molecule has 1 aromatic carbocycles. The van der Waals surface area contributed by atoms with E-state index in [4.69, 9.17) is 23.2 Å². The number of anilines is 1. The number of benzene rings is 1. The lowest BCUT2D eigenvalue weighted by Crippen LogP contribution is -1.96. The molecular formula is C20H11Cl2N5OS. The van der Waals surface area contributed by atoms with Crippen LogP contribution in [-0.4, -0.2) is 21.4 Å². The molecule has 0 bridgehead atoms. The zero-order valence-corrected chi connectivity index (χ0v) is 16.9. The third-order valence-corrected chi connectivity index (χ3v) is 5.96. The van der Waals surface area contributed by atoms with E-state index in [0.717, 1.165) is 15.3 Å². The molecule has 2 N–H and O–H groups in total. The molecule has 0 saturated carbocycles. The summed E-state index contributed by atoms with van der Waals surface area (Å²) in [6, 6.07) is 10.9. The number of pyridine rings is 1. The molecule has 0 spiro atoms. The highest BCUT2D eigenvalue weighted by atomic mass is 35.5. The van der Waals surface area contributed by atoms with Crippen molar-refractivity contribution in [3.8, 4) is 38.3 Å². The molecule has 4 aromatic rings. The van der Waals surface area contributed by atoms with Gasteiger partial charge in [0.25, 0.3) is 0 Å². The number of nitriles is 1. The molecule has 0 unspecified atom stereocenters. The van der Waals surface area contributed by atoms with Gasteiger partial charge in [-0.15, -0.1) is 11.3 Å². The lowest BCUT2D eigenvalue weighted by Gasteiger charge is -2.07. The van der Waals surface area contributed by atoms with E-state index in [1.165, 1.54) is 11.3 Å². The van der Waals surface area contributed by atoms with Crippen LogP contribution >= 0.6 is 34.5 Å². The molecule has 3 heterocycles. The van der Waals surface area contributed by atoms with Crippen molar-refractivity contribution in [1.82, 2.24) is 15.0 Å². The first-order valence-corrected chi connectivity index (χ1v) is 9.88. The molecule has 0 saturated heterocycles. The van der Waals surface area contributed by atoms with Gasteiger partial charge in [-0.1, -0.05) is 29.3 Å².